The highest BCUT2D eigenvalue weighted by atomic mass is 16.5. The molecule has 0 saturated heterocycles. The number of carbonyl (C=O) groups is 5. The number of amides is 3. The largest absolute Gasteiger partial charge is 0.479 e. The number of benzene rings is 2. The molecule has 3 amide bonds. The van der Waals surface area contributed by atoms with Gasteiger partial charge in [-0.05, 0) is 41.0 Å². The van der Waals surface area contributed by atoms with Crippen LogP contribution in [0.15, 0.2) is 55.0 Å². The Bertz CT molecular complexity index is 1570. The molecule has 0 aliphatic heterocycles. The Kier molecular flexibility index (Phi) is 13.2. The van der Waals surface area contributed by atoms with Crippen LogP contribution < -0.4 is 10.6 Å². The lowest BCUT2D eigenvalue weighted by Gasteiger charge is -2.38. The third-order valence-corrected chi connectivity index (χ3v) is 8.54. The van der Waals surface area contributed by atoms with Crippen LogP contribution in [0.1, 0.15) is 51.8 Å². The minimum absolute atomic E-state index is 0.0557. The molecule has 13 heteroatoms. The highest BCUT2D eigenvalue weighted by molar-refractivity contribution is 5.93. The maximum Gasteiger partial charge on any atom is 0.338 e. The number of ether oxygens (including phenoxy) is 1. The number of nitrogens with one attached hydrogen (secondary N) is 3. The van der Waals surface area contributed by atoms with Gasteiger partial charge in [-0.3, -0.25) is 19.2 Å². The van der Waals surface area contributed by atoms with E-state index in [1.807, 2.05) is 56.3 Å². The summed E-state index contributed by atoms with van der Waals surface area (Å²) in [6.07, 6.45) is 2.96. The van der Waals surface area contributed by atoms with Gasteiger partial charge in [0.05, 0.1) is 31.1 Å². The second kappa shape index (κ2) is 16.9. The van der Waals surface area contributed by atoms with E-state index in [2.05, 4.69) is 25.3 Å². The van der Waals surface area contributed by atoms with E-state index in [4.69, 9.17) is 0 Å². The number of hydrogen-bond donors (Lipinski definition) is 5. The van der Waals surface area contributed by atoms with Gasteiger partial charge in [0.2, 0.25) is 17.7 Å². The molecule has 13 nitrogen and oxygen atoms in total. The molecule has 0 aliphatic carbocycles. The van der Waals surface area contributed by atoms with Crippen molar-refractivity contribution >= 4 is 40.4 Å². The summed E-state index contributed by atoms with van der Waals surface area (Å²) in [6, 6.07) is 10.9. The van der Waals surface area contributed by atoms with Gasteiger partial charge in [0.1, 0.15) is 12.6 Å². The van der Waals surface area contributed by atoms with Crippen molar-refractivity contribution in [3.8, 4) is 0 Å². The summed E-state index contributed by atoms with van der Waals surface area (Å²) in [5.41, 5.74) is -1.02. The van der Waals surface area contributed by atoms with Gasteiger partial charge in [-0.15, -0.1) is 0 Å². The van der Waals surface area contributed by atoms with Crippen molar-refractivity contribution in [2.45, 2.75) is 71.1 Å². The highest BCUT2D eigenvalue weighted by Crippen LogP contribution is 2.27. The van der Waals surface area contributed by atoms with E-state index in [1.54, 1.807) is 20.0 Å². The maximum atomic E-state index is 14.1. The van der Waals surface area contributed by atoms with Crippen molar-refractivity contribution in [3.05, 3.63) is 66.2 Å². The van der Waals surface area contributed by atoms with Gasteiger partial charge in [0.25, 0.3) is 0 Å². The number of imidazole rings is 1. The Morgan fingerprint density at radius 3 is 2.27 bits per heavy atom. The molecule has 2 aromatic carbocycles. The smallest absolute Gasteiger partial charge is 0.338 e. The van der Waals surface area contributed by atoms with Crippen LogP contribution in [-0.4, -0.2) is 93.1 Å². The first-order valence-corrected chi connectivity index (χ1v) is 16.0. The normalized spacial score (nSPS) is 14.5. The number of fused-ring (bicyclic) bond motifs is 1. The number of aliphatic hydroxyl groups is 1. The van der Waals surface area contributed by atoms with Crippen molar-refractivity contribution in [2.75, 3.05) is 20.7 Å². The average Bonchev–Trinajstić information content (AvgIpc) is 3.56. The van der Waals surface area contributed by atoms with Gasteiger partial charge in [-0.25, -0.2) is 9.78 Å². The zero-order chi connectivity index (χ0) is 35.6. The van der Waals surface area contributed by atoms with Crippen LogP contribution in [0.4, 0.5) is 0 Å². The summed E-state index contributed by atoms with van der Waals surface area (Å²) in [7, 11) is 2.65. The molecule has 3 rings (SSSR count). The molecule has 5 N–H and O–H groups in total. The van der Waals surface area contributed by atoms with Crippen LogP contribution in [0.5, 0.6) is 0 Å². The van der Waals surface area contributed by atoms with E-state index in [9.17, 15) is 34.2 Å². The number of likely N-dealkylation sites (N-methyl/N-ethyl adjacent to an activating group) is 1. The Labute approximate surface area is 280 Å². The lowest BCUT2D eigenvalue weighted by molar-refractivity contribution is -0.169. The maximum absolute atomic E-state index is 14.1. The number of aromatic nitrogens is 2. The number of aliphatic carboxylic acids is 1. The predicted molar refractivity (Wildman–Crippen MR) is 178 cm³/mol. The van der Waals surface area contributed by atoms with Crippen LogP contribution in [0.3, 0.4) is 0 Å². The van der Waals surface area contributed by atoms with Gasteiger partial charge >= 0.3 is 11.9 Å². The van der Waals surface area contributed by atoms with E-state index in [0.29, 0.717) is 5.69 Å². The van der Waals surface area contributed by atoms with Crippen molar-refractivity contribution in [1.82, 2.24) is 25.5 Å². The molecule has 1 heterocycles. The number of hydrogen-bond acceptors (Lipinski definition) is 8. The lowest BCUT2D eigenvalue weighted by atomic mass is 9.79. The zero-order valence-electron chi connectivity index (χ0n) is 28.4. The minimum Gasteiger partial charge on any atom is -0.479 e. The summed E-state index contributed by atoms with van der Waals surface area (Å²) in [5, 5.41) is 28.7. The van der Waals surface area contributed by atoms with Crippen LogP contribution in [0.25, 0.3) is 10.8 Å². The van der Waals surface area contributed by atoms with Crippen molar-refractivity contribution in [1.29, 1.82) is 0 Å². The molecule has 3 aromatic rings. The first-order chi connectivity index (χ1) is 22.7. The Balaban J connectivity index is 1.97. The first-order valence-electron chi connectivity index (χ1n) is 16.0. The molecule has 48 heavy (non-hydrogen) atoms. The highest BCUT2D eigenvalue weighted by Gasteiger charge is 2.48. The second-order valence-corrected chi connectivity index (χ2v) is 12.9. The van der Waals surface area contributed by atoms with Crippen molar-refractivity contribution < 1.29 is 38.9 Å². The number of nitrogens with zero attached hydrogens (tertiary/aromatic N) is 2. The molecular weight excluding hydrogens is 618 g/mol. The second-order valence-electron chi connectivity index (χ2n) is 12.9. The molecule has 4 atom stereocenters. The quantitative estimate of drug-likeness (QED) is 0.135. The van der Waals surface area contributed by atoms with Crippen LogP contribution in [0, 0.1) is 17.8 Å². The first kappa shape index (κ1) is 37.7. The average molecular weight is 666 g/mol. The van der Waals surface area contributed by atoms with E-state index >= 15 is 0 Å². The third kappa shape index (κ3) is 9.63. The number of carboxylic acid groups (broad SMARTS) is 1. The summed E-state index contributed by atoms with van der Waals surface area (Å²) < 4.78 is 4.69. The van der Waals surface area contributed by atoms with Gasteiger partial charge < -0.3 is 35.5 Å². The molecule has 0 spiro atoms. The molecule has 0 radical (unpaired) electrons. The number of rotatable bonds is 17. The number of carboxylic acids is 1. The summed E-state index contributed by atoms with van der Waals surface area (Å²) >= 11 is 0. The zero-order valence-corrected chi connectivity index (χ0v) is 28.4. The fourth-order valence-electron chi connectivity index (χ4n) is 5.71. The fourth-order valence-corrected chi connectivity index (χ4v) is 5.71. The third-order valence-electron chi connectivity index (χ3n) is 8.54. The molecule has 2 unspecified atom stereocenters. The standard InChI is InChI=1S/C35H47N5O8/c1-21(2)14-29(35(47,22(3)4)34(45)46)39-33(44)28(17-26-18-36-20-37-26)38-32(43)25(16-30(41)40(5)19-31(42)48-6)15-24-12-9-11-23-10-7-8-13-27(23)24/h7-13,18,20-22,25,28-29,47H,14-17,19H2,1-6H3,(H,36,37)(H,38,43)(H,39,44)(H,45,46)/t25?,28-,29-,35?/m0/s1. The van der Waals surface area contributed by atoms with E-state index in [0.717, 1.165) is 16.3 Å². The van der Waals surface area contributed by atoms with Gasteiger partial charge in [0.15, 0.2) is 5.60 Å². The fraction of sp³-hybridized carbons (Fsp3) is 0.486. The molecule has 0 bridgehead atoms. The lowest BCUT2D eigenvalue weighted by Crippen LogP contribution is -2.63. The molecule has 260 valence electrons. The molecule has 0 fully saturated rings. The number of esters is 1. The van der Waals surface area contributed by atoms with Gasteiger partial charge in [-0.2, -0.15) is 0 Å². The SMILES string of the molecule is COC(=O)CN(C)C(=O)CC(Cc1cccc2ccccc12)C(=O)N[C@@H](Cc1c[nH]cn1)C(=O)N[C@@H](CC(C)C)C(O)(C(=O)O)C(C)C. The predicted octanol–water partition coefficient (Wildman–Crippen LogP) is 2.47. The van der Waals surface area contributed by atoms with E-state index in [-0.39, 0.29) is 38.1 Å². The number of methoxy groups -OCH3 is 1. The topological polar surface area (TPSA) is 191 Å². The summed E-state index contributed by atoms with van der Waals surface area (Å²) in [6.45, 7) is 6.50. The minimum atomic E-state index is -2.28. The van der Waals surface area contributed by atoms with Crippen molar-refractivity contribution in [2.24, 2.45) is 17.8 Å². The summed E-state index contributed by atoms with van der Waals surface area (Å²) in [5.74, 6) is -5.68. The number of aromatic amines is 1. The van der Waals surface area contributed by atoms with E-state index < -0.39 is 59.2 Å². The molecule has 0 saturated carbocycles. The molecule has 1 aromatic heterocycles. The van der Waals surface area contributed by atoms with Crippen molar-refractivity contribution in [3.63, 3.8) is 0 Å². The Morgan fingerprint density at radius 2 is 1.67 bits per heavy atom. The Morgan fingerprint density at radius 1 is 0.979 bits per heavy atom. The monoisotopic (exact) mass is 665 g/mol. The van der Waals surface area contributed by atoms with Crippen LogP contribution >= 0.6 is 0 Å². The van der Waals surface area contributed by atoms with Gasteiger partial charge in [0, 0.05) is 26.1 Å². The number of H-pyrrole nitrogens is 1. The number of carbonyl (C=O) groups excluding carboxylic acids is 4. The van der Waals surface area contributed by atoms with Crippen LogP contribution in [-0.2, 0) is 41.6 Å². The molecule has 0 aliphatic rings. The Hall–Kier alpha value is -4.78. The molecular formula is C35H47N5O8. The van der Waals surface area contributed by atoms with Crippen LogP contribution in [0.2, 0.25) is 0 Å². The summed E-state index contributed by atoms with van der Waals surface area (Å²) in [4.78, 5) is 73.7. The van der Waals surface area contributed by atoms with Gasteiger partial charge in [-0.1, -0.05) is 70.2 Å². The van der Waals surface area contributed by atoms with E-state index in [1.165, 1.54) is 25.4 Å².